The molecule has 0 N–H and O–H groups in total. The maximum atomic E-state index is 12.0. The summed E-state index contributed by atoms with van der Waals surface area (Å²) < 4.78 is 11.3. The average Bonchev–Trinajstić information content (AvgIpc) is 2.56. The van der Waals surface area contributed by atoms with Crippen molar-refractivity contribution in [1.29, 1.82) is 0 Å². The quantitative estimate of drug-likeness (QED) is 0.560. The van der Waals surface area contributed by atoms with Gasteiger partial charge in [-0.3, -0.25) is 4.79 Å². The number of carbonyl (C=O) groups is 1. The number of halogens is 1. The molecule has 4 heteroatoms. The molecule has 0 aliphatic carbocycles. The lowest BCUT2D eigenvalue weighted by Gasteiger charge is -2.28. The molecule has 0 radical (unpaired) electrons. The number of unbranched alkanes of at least 4 members (excludes halogenated alkanes) is 1. The highest BCUT2D eigenvalue weighted by molar-refractivity contribution is 6.31. The number of benzene rings is 2. The van der Waals surface area contributed by atoms with Gasteiger partial charge in [0.1, 0.15) is 11.9 Å². The molecule has 1 atom stereocenters. The molecule has 120 valence electrons. The summed E-state index contributed by atoms with van der Waals surface area (Å²) in [6, 6.07) is 13.5. The molecular formula is C19H19ClO3. The Balaban J connectivity index is 1.84. The highest BCUT2D eigenvalue weighted by atomic mass is 35.5. The first-order chi connectivity index (χ1) is 11.2. The van der Waals surface area contributed by atoms with Gasteiger partial charge in [0.05, 0.1) is 13.0 Å². The molecule has 0 saturated heterocycles. The molecular weight excluding hydrogens is 312 g/mol. The van der Waals surface area contributed by atoms with E-state index in [9.17, 15) is 4.79 Å². The van der Waals surface area contributed by atoms with Gasteiger partial charge in [0, 0.05) is 16.1 Å². The van der Waals surface area contributed by atoms with Crippen molar-refractivity contribution in [1.82, 2.24) is 0 Å². The average molecular weight is 331 g/mol. The Hall–Kier alpha value is -2.00. The number of esters is 1. The van der Waals surface area contributed by atoms with Crippen LogP contribution in [0.15, 0.2) is 42.5 Å². The molecule has 23 heavy (non-hydrogen) atoms. The van der Waals surface area contributed by atoms with Crippen molar-refractivity contribution >= 4 is 17.6 Å². The highest BCUT2D eigenvalue weighted by Gasteiger charge is 2.28. The molecule has 1 unspecified atom stereocenters. The summed E-state index contributed by atoms with van der Waals surface area (Å²) in [7, 11) is 0. The molecule has 0 fully saturated rings. The van der Waals surface area contributed by atoms with E-state index in [0.29, 0.717) is 11.6 Å². The minimum absolute atomic E-state index is 0.211. The third-order valence-corrected chi connectivity index (χ3v) is 4.16. The van der Waals surface area contributed by atoms with E-state index in [-0.39, 0.29) is 18.5 Å². The Labute approximate surface area is 141 Å². The molecule has 0 amide bonds. The second-order valence-electron chi connectivity index (χ2n) is 5.61. The van der Waals surface area contributed by atoms with Crippen molar-refractivity contribution in [2.75, 3.05) is 6.61 Å². The first-order valence-corrected chi connectivity index (χ1v) is 8.28. The second-order valence-corrected chi connectivity index (χ2v) is 6.05. The number of rotatable bonds is 5. The molecule has 0 spiro atoms. The monoisotopic (exact) mass is 330 g/mol. The Kier molecular flexibility index (Phi) is 4.87. The van der Waals surface area contributed by atoms with Gasteiger partial charge in [0.15, 0.2) is 0 Å². The van der Waals surface area contributed by atoms with Gasteiger partial charge < -0.3 is 9.47 Å². The highest BCUT2D eigenvalue weighted by Crippen LogP contribution is 2.44. The van der Waals surface area contributed by atoms with Crippen LogP contribution < -0.4 is 4.74 Å². The van der Waals surface area contributed by atoms with Crippen molar-refractivity contribution < 1.29 is 14.3 Å². The fraction of sp³-hybridized carbons (Fsp3) is 0.316. The van der Waals surface area contributed by atoms with Crippen molar-refractivity contribution in [3.63, 3.8) is 0 Å². The van der Waals surface area contributed by atoms with Gasteiger partial charge in [-0.05, 0) is 30.2 Å². The second kappa shape index (κ2) is 7.05. The van der Waals surface area contributed by atoms with Crippen LogP contribution in [-0.4, -0.2) is 12.6 Å². The molecule has 2 aromatic carbocycles. The molecule has 0 aromatic heterocycles. The number of fused-ring (bicyclic) bond motifs is 3. The minimum atomic E-state index is -0.325. The Morgan fingerprint density at radius 1 is 1.22 bits per heavy atom. The molecule has 0 saturated carbocycles. The summed E-state index contributed by atoms with van der Waals surface area (Å²) in [6.45, 7) is 2.53. The van der Waals surface area contributed by atoms with Crippen LogP contribution in [0.2, 0.25) is 5.02 Å². The molecule has 1 heterocycles. The van der Waals surface area contributed by atoms with Gasteiger partial charge in [-0.15, -0.1) is 0 Å². The van der Waals surface area contributed by atoms with Gasteiger partial charge in [-0.1, -0.05) is 49.2 Å². The number of hydrogen-bond acceptors (Lipinski definition) is 3. The van der Waals surface area contributed by atoms with Gasteiger partial charge in [0.2, 0.25) is 0 Å². The van der Waals surface area contributed by atoms with Gasteiger partial charge in [-0.25, -0.2) is 0 Å². The fourth-order valence-corrected chi connectivity index (χ4v) is 2.92. The van der Waals surface area contributed by atoms with E-state index in [1.54, 1.807) is 6.07 Å². The Morgan fingerprint density at radius 2 is 2.04 bits per heavy atom. The molecule has 3 rings (SSSR count). The van der Waals surface area contributed by atoms with E-state index in [0.717, 1.165) is 35.3 Å². The summed E-state index contributed by atoms with van der Waals surface area (Å²) in [4.78, 5) is 12.0. The normalized spacial score (nSPS) is 15.3. The van der Waals surface area contributed by atoms with Gasteiger partial charge in [-0.2, -0.15) is 0 Å². The molecule has 1 aliphatic rings. The standard InChI is InChI=1S/C19H19ClO3/c1-2-3-10-22-19(21)12-18-15-7-5-4-6-14(15)16-11-13(20)8-9-17(16)23-18/h4-9,11,18H,2-3,10,12H2,1H3. The summed E-state index contributed by atoms with van der Waals surface area (Å²) in [5.74, 6) is 0.523. The molecule has 1 aliphatic heterocycles. The van der Waals surface area contributed by atoms with E-state index >= 15 is 0 Å². The van der Waals surface area contributed by atoms with Gasteiger partial charge >= 0.3 is 5.97 Å². The number of carbonyl (C=O) groups excluding carboxylic acids is 1. The van der Waals surface area contributed by atoms with Crippen LogP contribution in [0.25, 0.3) is 11.1 Å². The van der Waals surface area contributed by atoms with Crippen LogP contribution in [0.3, 0.4) is 0 Å². The smallest absolute Gasteiger partial charge is 0.309 e. The molecule has 3 nitrogen and oxygen atoms in total. The summed E-state index contributed by atoms with van der Waals surface area (Å²) in [6.07, 6.45) is 1.77. The van der Waals surface area contributed by atoms with E-state index in [1.165, 1.54) is 0 Å². The van der Waals surface area contributed by atoms with E-state index in [4.69, 9.17) is 21.1 Å². The largest absolute Gasteiger partial charge is 0.484 e. The van der Waals surface area contributed by atoms with Crippen LogP contribution in [0.1, 0.15) is 37.9 Å². The lowest BCUT2D eigenvalue weighted by molar-refractivity contribution is -0.145. The molecule has 2 aromatic rings. The molecule has 0 bridgehead atoms. The predicted molar refractivity (Wildman–Crippen MR) is 90.7 cm³/mol. The van der Waals surface area contributed by atoms with Crippen molar-refractivity contribution in [2.24, 2.45) is 0 Å². The SMILES string of the molecule is CCCCOC(=O)CC1Oc2ccc(Cl)cc2-c2ccccc21. The minimum Gasteiger partial charge on any atom is -0.484 e. The predicted octanol–water partition coefficient (Wildman–Crippen LogP) is 5.17. The fourth-order valence-electron chi connectivity index (χ4n) is 2.75. The van der Waals surface area contributed by atoms with Crippen LogP contribution in [0.5, 0.6) is 5.75 Å². The summed E-state index contributed by atoms with van der Waals surface area (Å²) in [5.41, 5.74) is 3.01. The van der Waals surface area contributed by atoms with Crippen molar-refractivity contribution in [3.05, 3.63) is 53.1 Å². The zero-order valence-corrected chi connectivity index (χ0v) is 13.8. The Bertz CT molecular complexity index is 712. The Morgan fingerprint density at radius 3 is 2.87 bits per heavy atom. The van der Waals surface area contributed by atoms with Crippen LogP contribution in [0.4, 0.5) is 0 Å². The topological polar surface area (TPSA) is 35.5 Å². The van der Waals surface area contributed by atoms with Crippen molar-refractivity contribution in [2.45, 2.75) is 32.3 Å². The van der Waals surface area contributed by atoms with E-state index in [2.05, 4.69) is 6.92 Å². The lowest BCUT2D eigenvalue weighted by Crippen LogP contribution is -2.19. The van der Waals surface area contributed by atoms with Crippen LogP contribution in [0, 0.1) is 0 Å². The number of hydrogen-bond donors (Lipinski definition) is 0. The van der Waals surface area contributed by atoms with E-state index in [1.807, 2.05) is 36.4 Å². The zero-order chi connectivity index (χ0) is 16.2. The van der Waals surface area contributed by atoms with E-state index < -0.39 is 0 Å². The van der Waals surface area contributed by atoms with Gasteiger partial charge in [0.25, 0.3) is 0 Å². The first kappa shape index (κ1) is 15.9. The summed E-state index contributed by atoms with van der Waals surface area (Å²) >= 11 is 6.11. The van der Waals surface area contributed by atoms with Crippen molar-refractivity contribution in [3.8, 4) is 16.9 Å². The number of ether oxygens (including phenoxy) is 2. The third-order valence-electron chi connectivity index (χ3n) is 3.92. The van der Waals surface area contributed by atoms with Crippen LogP contribution in [-0.2, 0) is 9.53 Å². The zero-order valence-electron chi connectivity index (χ0n) is 13.0. The summed E-state index contributed by atoms with van der Waals surface area (Å²) in [5, 5.41) is 0.666. The lowest BCUT2D eigenvalue weighted by atomic mass is 9.91. The maximum absolute atomic E-state index is 12.0. The first-order valence-electron chi connectivity index (χ1n) is 7.90. The third kappa shape index (κ3) is 3.50. The van der Waals surface area contributed by atoms with Crippen LogP contribution >= 0.6 is 11.6 Å². The maximum Gasteiger partial charge on any atom is 0.309 e.